The normalized spacial score (nSPS) is 15.0. The van der Waals surface area contributed by atoms with E-state index in [0.29, 0.717) is 13.0 Å². The van der Waals surface area contributed by atoms with Gasteiger partial charge in [-0.15, -0.1) is 0 Å². The summed E-state index contributed by atoms with van der Waals surface area (Å²) in [5.41, 5.74) is 2.08. The molecule has 0 N–H and O–H groups in total. The molecule has 2 rings (SSSR count). The Morgan fingerprint density at radius 3 is 2.63 bits per heavy atom. The minimum absolute atomic E-state index is 0.207. The van der Waals surface area contributed by atoms with Crippen LogP contribution in [0.5, 0.6) is 0 Å². The van der Waals surface area contributed by atoms with Crippen molar-refractivity contribution in [3.05, 3.63) is 35.4 Å². The zero-order valence-electron chi connectivity index (χ0n) is 11.6. The summed E-state index contributed by atoms with van der Waals surface area (Å²) in [6, 6.07) is 7.89. The molecule has 0 aromatic heterocycles. The molecule has 1 aliphatic carbocycles. The lowest BCUT2D eigenvalue weighted by molar-refractivity contribution is -0.139. The van der Waals surface area contributed by atoms with Crippen molar-refractivity contribution in [2.24, 2.45) is 5.92 Å². The van der Waals surface area contributed by atoms with Crippen LogP contribution in [0.1, 0.15) is 36.8 Å². The van der Waals surface area contributed by atoms with Crippen molar-refractivity contribution in [1.82, 2.24) is 0 Å². The molecule has 3 heteroatoms. The topological polar surface area (TPSA) is 35.5 Å². The molecule has 0 atom stereocenters. The quantitative estimate of drug-likeness (QED) is 0.559. The van der Waals surface area contributed by atoms with E-state index >= 15 is 0 Å². The van der Waals surface area contributed by atoms with E-state index in [0.717, 1.165) is 23.7 Å². The minimum Gasteiger partial charge on any atom is -0.469 e. The van der Waals surface area contributed by atoms with Gasteiger partial charge in [0, 0.05) is 6.61 Å². The lowest BCUT2D eigenvalue weighted by Crippen LogP contribution is -2.13. The Labute approximate surface area is 114 Å². The Bertz CT molecular complexity index is 410. The van der Waals surface area contributed by atoms with Crippen molar-refractivity contribution in [1.29, 1.82) is 0 Å². The number of benzene rings is 1. The lowest BCUT2D eigenvalue weighted by Gasteiger charge is -2.24. The Morgan fingerprint density at radius 2 is 2.00 bits per heavy atom. The van der Waals surface area contributed by atoms with Gasteiger partial charge in [0.25, 0.3) is 0 Å². The average Bonchev–Trinajstić information content (AvgIpc) is 2.38. The molecule has 1 aromatic rings. The number of methoxy groups -OCH3 is 1. The molecule has 0 bridgehead atoms. The maximum atomic E-state index is 11.3. The lowest BCUT2D eigenvalue weighted by atomic mass is 9.83. The van der Waals surface area contributed by atoms with Gasteiger partial charge in [0.1, 0.15) is 0 Å². The number of esters is 1. The van der Waals surface area contributed by atoms with Crippen LogP contribution in [0.15, 0.2) is 24.3 Å². The standard InChI is InChI=1S/C16H22O3/c1-18-16(17)11-14-7-2-3-8-15(14)12-19-10-9-13-5-4-6-13/h2-3,7-8,13H,4-6,9-12H2,1H3. The van der Waals surface area contributed by atoms with Gasteiger partial charge in [-0.1, -0.05) is 43.5 Å². The molecule has 0 aliphatic heterocycles. The van der Waals surface area contributed by atoms with E-state index in [2.05, 4.69) is 0 Å². The van der Waals surface area contributed by atoms with Crippen molar-refractivity contribution in [2.45, 2.75) is 38.7 Å². The molecule has 104 valence electrons. The van der Waals surface area contributed by atoms with Crippen molar-refractivity contribution < 1.29 is 14.3 Å². The van der Waals surface area contributed by atoms with E-state index < -0.39 is 0 Å². The van der Waals surface area contributed by atoms with Gasteiger partial charge >= 0.3 is 5.97 Å². The third-order valence-corrected chi connectivity index (χ3v) is 3.83. The number of ether oxygens (including phenoxy) is 2. The molecule has 0 spiro atoms. The van der Waals surface area contributed by atoms with E-state index in [-0.39, 0.29) is 5.97 Å². The van der Waals surface area contributed by atoms with Crippen molar-refractivity contribution >= 4 is 5.97 Å². The second-order valence-electron chi connectivity index (χ2n) is 5.16. The first-order chi connectivity index (χ1) is 9.29. The molecular weight excluding hydrogens is 240 g/mol. The summed E-state index contributed by atoms with van der Waals surface area (Å²) in [5, 5.41) is 0. The number of carbonyl (C=O) groups excluding carboxylic acids is 1. The van der Waals surface area contributed by atoms with Gasteiger partial charge in [-0.3, -0.25) is 4.79 Å². The first kappa shape index (κ1) is 14.1. The molecule has 0 unspecified atom stereocenters. The Balaban J connectivity index is 1.79. The monoisotopic (exact) mass is 262 g/mol. The number of carbonyl (C=O) groups is 1. The van der Waals surface area contributed by atoms with Crippen LogP contribution in [0, 0.1) is 5.92 Å². The molecule has 0 radical (unpaired) electrons. The van der Waals surface area contributed by atoms with Crippen LogP contribution in [0.4, 0.5) is 0 Å². The van der Waals surface area contributed by atoms with Gasteiger partial charge in [0.05, 0.1) is 20.1 Å². The molecular formula is C16H22O3. The summed E-state index contributed by atoms with van der Waals surface area (Å²) < 4.78 is 10.4. The summed E-state index contributed by atoms with van der Waals surface area (Å²) in [7, 11) is 1.42. The van der Waals surface area contributed by atoms with Crippen LogP contribution in [0.25, 0.3) is 0 Å². The molecule has 19 heavy (non-hydrogen) atoms. The highest BCUT2D eigenvalue weighted by atomic mass is 16.5. The molecule has 1 aromatic carbocycles. The minimum atomic E-state index is -0.207. The molecule has 1 saturated carbocycles. The Kier molecular flexibility index (Phi) is 5.40. The smallest absolute Gasteiger partial charge is 0.309 e. The highest BCUT2D eigenvalue weighted by molar-refractivity contribution is 5.72. The molecule has 3 nitrogen and oxygen atoms in total. The Hall–Kier alpha value is -1.35. The fourth-order valence-corrected chi connectivity index (χ4v) is 2.31. The van der Waals surface area contributed by atoms with Crippen LogP contribution < -0.4 is 0 Å². The van der Waals surface area contributed by atoms with E-state index in [1.54, 1.807) is 0 Å². The highest BCUT2D eigenvalue weighted by Crippen LogP contribution is 2.29. The zero-order chi connectivity index (χ0) is 13.5. The largest absolute Gasteiger partial charge is 0.469 e. The van der Waals surface area contributed by atoms with E-state index in [4.69, 9.17) is 9.47 Å². The molecule has 1 aliphatic rings. The fourth-order valence-electron chi connectivity index (χ4n) is 2.31. The maximum absolute atomic E-state index is 11.3. The predicted octanol–water partition coefficient (Wildman–Crippen LogP) is 3.11. The summed E-state index contributed by atoms with van der Waals surface area (Å²) in [5.74, 6) is 0.673. The van der Waals surface area contributed by atoms with E-state index in [1.165, 1.54) is 32.8 Å². The first-order valence-corrected chi connectivity index (χ1v) is 7.01. The van der Waals surface area contributed by atoms with Gasteiger partial charge < -0.3 is 9.47 Å². The van der Waals surface area contributed by atoms with Crippen LogP contribution >= 0.6 is 0 Å². The second-order valence-corrected chi connectivity index (χ2v) is 5.16. The SMILES string of the molecule is COC(=O)Cc1ccccc1COCCC1CCC1. The van der Waals surface area contributed by atoms with Crippen LogP contribution in [-0.4, -0.2) is 19.7 Å². The third-order valence-electron chi connectivity index (χ3n) is 3.83. The third kappa shape index (κ3) is 4.35. The van der Waals surface area contributed by atoms with Crippen LogP contribution in [0.3, 0.4) is 0 Å². The number of rotatable bonds is 7. The summed E-state index contributed by atoms with van der Waals surface area (Å²) in [4.78, 5) is 11.3. The molecule has 0 saturated heterocycles. The van der Waals surface area contributed by atoms with Gasteiger partial charge in [-0.25, -0.2) is 0 Å². The van der Waals surface area contributed by atoms with Crippen LogP contribution in [-0.2, 0) is 27.3 Å². The van der Waals surface area contributed by atoms with Crippen molar-refractivity contribution in [3.63, 3.8) is 0 Å². The second kappa shape index (κ2) is 7.29. The van der Waals surface area contributed by atoms with E-state index in [9.17, 15) is 4.79 Å². The fraction of sp³-hybridized carbons (Fsp3) is 0.562. The van der Waals surface area contributed by atoms with Gasteiger partial charge in [0.15, 0.2) is 0 Å². The zero-order valence-corrected chi connectivity index (χ0v) is 11.6. The van der Waals surface area contributed by atoms with E-state index in [1.807, 2.05) is 24.3 Å². The van der Waals surface area contributed by atoms with Crippen molar-refractivity contribution in [2.75, 3.05) is 13.7 Å². The van der Waals surface area contributed by atoms with Crippen LogP contribution in [0.2, 0.25) is 0 Å². The predicted molar refractivity (Wildman–Crippen MR) is 73.8 cm³/mol. The highest BCUT2D eigenvalue weighted by Gasteiger charge is 2.16. The maximum Gasteiger partial charge on any atom is 0.309 e. The number of hydrogen-bond donors (Lipinski definition) is 0. The Morgan fingerprint density at radius 1 is 1.26 bits per heavy atom. The van der Waals surface area contributed by atoms with Gasteiger partial charge in [0.2, 0.25) is 0 Å². The summed E-state index contributed by atoms with van der Waals surface area (Å²) in [6.07, 6.45) is 5.59. The van der Waals surface area contributed by atoms with Crippen molar-refractivity contribution in [3.8, 4) is 0 Å². The average molecular weight is 262 g/mol. The van der Waals surface area contributed by atoms with Gasteiger partial charge in [-0.05, 0) is 23.5 Å². The first-order valence-electron chi connectivity index (χ1n) is 7.01. The molecule has 0 heterocycles. The molecule has 1 fully saturated rings. The summed E-state index contributed by atoms with van der Waals surface area (Å²) in [6.45, 7) is 1.40. The van der Waals surface area contributed by atoms with Gasteiger partial charge in [-0.2, -0.15) is 0 Å². The molecule has 0 amide bonds. The summed E-state index contributed by atoms with van der Waals surface area (Å²) >= 11 is 0. The number of hydrogen-bond acceptors (Lipinski definition) is 3.